The van der Waals surface area contributed by atoms with Gasteiger partial charge in [0, 0.05) is 28.0 Å². The molecule has 0 aliphatic carbocycles. The molecule has 0 fully saturated rings. The monoisotopic (exact) mass is 465 g/mol. The van der Waals surface area contributed by atoms with Crippen molar-refractivity contribution in [1.29, 1.82) is 0 Å². The standard InChI is InChI=1S/C28H23N3O4/c1-17-13-21(18(2)31(17)22-9-6-8-20(14-22)28(33)34-3)16-29-30-27(32)26-15-24-23-10-5-4-7-19(23)11-12-25(24)35-26/h4-16H,1-3H3,(H,30,32)/b29-16-. The van der Waals surface area contributed by atoms with Crippen LogP contribution in [0.25, 0.3) is 27.4 Å². The van der Waals surface area contributed by atoms with Crippen LogP contribution in [-0.4, -0.2) is 29.8 Å². The topological polar surface area (TPSA) is 85.8 Å². The molecule has 0 radical (unpaired) electrons. The van der Waals surface area contributed by atoms with Gasteiger partial charge in [-0.25, -0.2) is 10.2 Å². The Morgan fingerprint density at radius 3 is 2.63 bits per heavy atom. The normalized spacial score (nSPS) is 11.4. The molecule has 0 atom stereocenters. The maximum atomic E-state index is 12.7. The van der Waals surface area contributed by atoms with E-state index in [9.17, 15) is 9.59 Å². The van der Waals surface area contributed by atoms with E-state index < -0.39 is 11.9 Å². The zero-order chi connectivity index (χ0) is 24.5. The number of methoxy groups -OCH3 is 1. The van der Waals surface area contributed by atoms with E-state index >= 15 is 0 Å². The van der Waals surface area contributed by atoms with E-state index in [-0.39, 0.29) is 5.76 Å². The molecule has 5 aromatic rings. The van der Waals surface area contributed by atoms with E-state index in [2.05, 4.69) is 10.5 Å². The van der Waals surface area contributed by atoms with Crippen LogP contribution in [0, 0.1) is 13.8 Å². The van der Waals surface area contributed by atoms with Gasteiger partial charge in [0.05, 0.1) is 18.9 Å². The molecule has 0 bridgehead atoms. The fraction of sp³-hybridized carbons (Fsp3) is 0.107. The Labute approximate surface area is 201 Å². The molecule has 1 amide bonds. The number of aromatic nitrogens is 1. The summed E-state index contributed by atoms with van der Waals surface area (Å²) in [5, 5.41) is 7.14. The van der Waals surface area contributed by atoms with Crippen LogP contribution in [0.5, 0.6) is 0 Å². The second-order valence-corrected chi connectivity index (χ2v) is 8.21. The number of fused-ring (bicyclic) bond motifs is 3. The number of amides is 1. The summed E-state index contributed by atoms with van der Waals surface area (Å²) < 4.78 is 12.6. The quantitative estimate of drug-likeness (QED) is 0.210. The second kappa shape index (κ2) is 8.95. The molecule has 0 spiro atoms. The van der Waals surface area contributed by atoms with Crippen molar-refractivity contribution in [3.05, 3.63) is 101 Å². The number of esters is 1. The van der Waals surface area contributed by atoms with Crippen molar-refractivity contribution in [2.24, 2.45) is 5.10 Å². The molecule has 5 rings (SSSR count). The first-order chi connectivity index (χ1) is 17.0. The number of carbonyl (C=O) groups is 2. The van der Waals surface area contributed by atoms with Gasteiger partial charge in [-0.05, 0) is 61.0 Å². The van der Waals surface area contributed by atoms with Crippen LogP contribution in [0.4, 0.5) is 0 Å². The largest absolute Gasteiger partial charge is 0.465 e. The molecule has 1 N–H and O–H groups in total. The Morgan fingerprint density at radius 2 is 1.80 bits per heavy atom. The number of carbonyl (C=O) groups excluding carboxylic acids is 2. The van der Waals surface area contributed by atoms with E-state index in [0.29, 0.717) is 11.1 Å². The number of nitrogens with zero attached hydrogens (tertiary/aromatic N) is 2. The third-order valence-electron chi connectivity index (χ3n) is 6.02. The lowest BCUT2D eigenvalue weighted by Gasteiger charge is -2.10. The van der Waals surface area contributed by atoms with Gasteiger partial charge in [-0.3, -0.25) is 4.79 Å². The van der Waals surface area contributed by atoms with Crippen LogP contribution in [0.3, 0.4) is 0 Å². The molecule has 7 nitrogen and oxygen atoms in total. The molecule has 0 unspecified atom stereocenters. The van der Waals surface area contributed by atoms with E-state index in [1.165, 1.54) is 7.11 Å². The Morgan fingerprint density at radius 1 is 0.971 bits per heavy atom. The summed E-state index contributed by atoms with van der Waals surface area (Å²) in [4.78, 5) is 24.6. The van der Waals surface area contributed by atoms with Crippen LogP contribution in [0.15, 0.2) is 82.3 Å². The lowest BCUT2D eigenvalue weighted by molar-refractivity contribution is 0.0600. The molecule has 0 saturated carbocycles. The highest BCUT2D eigenvalue weighted by Crippen LogP contribution is 2.28. The smallest absolute Gasteiger partial charge is 0.337 e. The summed E-state index contributed by atoms with van der Waals surface area (Å²) in [6.07, 6.45) is 1.60. The van der Waals surface area contributed by atoms with Crippen molar-refractivity contribution in [2.45, 2.75) is 13.8 Å². The number of hydrogen-bond acceptors (Lipinski definition) is 5. The summed E-state index contributed by atoms with van der Waals surface area (Å²) in [5.74, 6) is -0.628. The molecule has 174 valence electrons. The van der Waals surface area contributed by atoms with Crippen LogP contribution in [-0.2, 0) is 4.74 Å². The van der Waals surface area contributed by atoms with Gasteiger partial charge in [-0.2, -0.15) is 5.10 Å². The summed E-state index contributed by atoms with van der Waals surface area (Å²) in [7, 11) is 1.36. The Hall–Kier alpha value is -4.65. The zero-order valence-corrected chi connectivity index (χ0v) is 19.5. The second-order valence-electron chi connectivity index (χ2n) is 8.21. The lowest BCUT2D eigenvalue weighted by atomic mass is 10.1. The number of nitrogens with one attached hydrogen (secondary N) is 1. The fourth-order valence-electron chi connectivity index (χ4n) is 4.33. The van der Waals surface area contributed by atoms with Crippen molar-refractivity contribution < 1.29 is 18.7 Å². The van der Waals surface area contributed by atoms with Crippen LogP contribution >= 0.6 is 0 Å². The Balaban J connectivity index is 1.37. The molecule has 0 aliphatic rings. The van der Waals surface area contributed by atoms with Crippen LogP contribution < -0.4 is 5.43 Å². The molecule has 3 aromatic carbocycles. The molecule has 7 heteroatoms. The van der Waals surface area contributed by atoms with E-state index in [4.69, 9.17) is 9.15 Å². The lowest BCUT2D eigenvalue weighted by Crippen LogP contribution is -2.16. The minimum atomic E-state index is -0.430. The first-order valence-electron chi connectivity index (χ1n) is 11.1. The molecular weight excluding hydrogens is 442 g/mol. The number of furan rings is 1. The number of ether oxygens (including phenoxy) is 1. The first kappa shape index (κ1) is 22.2. The third kappa shape index (κ3) is 4.08. The van der Waals surface area contributed by atoms with Crippen molar-refractivity contribution >= 4 is 39.8 Å². The van der Waals surface area contributed by atoms with Gasteiger partial charge in [-0.1, -0.05) is 36.4 Å². The van der Waals surface area contributed by atoms with Crippen molar-refractivity contribution in [2.75, 3.05) is 7.11 Å². The van der Waals surface area contributed by atoms with Crippen molar-refractivity contribution in [1.82, 2.24) is 9.99 Å². The van der Waals surface area contributed by atoms with Crippen LogP contribution in [0.1, 0.15) is 37.9 Å². The number of hydrogen-bond donors (Lipinski definition) is 1. The van der Waals surface area contributed by atoms with E-state index in [0.717, 1.165) is 38.8 Å². The predicted octanol–water partition coefficient (Wildman–Crippen LogP) is 5.54. The van der Waals surface area contributed by atoms with Gasteiger partial charge in [-0.15, -0.1) is 0 Å². The SMILES string of the molecule is COC(=O)c1cccc(-n2c(C)cc(/C=N\NC(=O)c3cc4c(ccc5ccccc54)o3)c2C)c1. The minimum Gasteiger partial charge on any atom is -0.465 e. The first-order valence-corrected chi connectivity index (χ1v) is 11.1. The maximum absolute atomic E-state index is 12.7. The van der Waals surface area contributed by atoms with Crippen molar-refractivity contribution in [3.63, 3.8) is 0 Å². The average Bonchev–Trinajstić information content (AvgIpc) is 3.44. The fourth-order valence-corrected chi connectivity index (χ4v) is 4.33. The predicted molar refractivity (Wildman–Crippen MR) is 135 cm³/mol. The zero-order valence-electron chi connectivity index (χ0n) is 19.5. The number of aryl methyl sites for hydroxylation is 1. The van der Waals surface area contributed by atoms with Gasteiger partial charge in [0.25, 0.3) is 0 Å². The molecule has 0 aliphatic heterocycles. The highest BCUT2D eigenvalue weighted by molar-refractivity contribution is 6.08. The summed E-state index contributed by atoms with van der Waals surface area (Å²) in [5.41, 5.74) is 7.21. The molecule has 2 heterocycles. The molecule has 35 heavy (non-hydrogen) atoms. The summed E-state index contributed by atoms with van der Waals surface area (Å²) >= 11 is 0. The Bertz CT molecular complexity index is 1620. The van der Waals surface area contributed by atoms with Crippen LogP contribution in [0.2, 0.25) is 0 Å². The Kier molecular flexibility index (Phi) is 5.66. The molecular formula is C28H23N3O4. The molecule has 0 saturated heterocycles. The molecule has 2 aromatic heterocycles. The number of rotatable bonds is 5. The minimum absolute atomic E-state index is 0.193. The highest BCUT2D eigenvalue weighted by atomic mass is 16.5. The van der Waals surface area contributed by atoms with Crippen molar-refractivity contribution in [3.8, 4) is 5.69 Å². The van der Waals surface area contributed by atoms with E-state index in [1.54, 1.807) is 24.4 Å². The third-order valence-corrected chi connectivity index (χ3v) is 6.02. The van der Waals surface area contributed by atoms with Gasteiger partial charge >= 0.3 is 11.9 Å². The maximum Gasteiger partial charge on any atom is 0.337 e. The number of benzene rings is 3. The number of hydrazone groups is 1. The van der Waals surface area contributed by atoms with Gasteiger partial charge in [0.1, 0.15) is 5.58 Å². The average molecular weight is 466 g/mol. The summed E-state index contributed by atoms with van der Waals surface area (Å²) in [6, 6.07) is 22.7. The summed E-state index contributed by atoms with van der Waals surface area (Å²) in [6.45, 7) is 3.91. The van der Waals surface area contributed by atoms with Gasteiger partial charge in [0.15, 0.2) is 5.76 Å². The van der Waals surface area contributed by atoms with E-state index in [1.807, 2.05) is 73.0 Å². The van der Waals surface area contributed by atoms with Gasteiger partial charge in [0.2, 0.25) is 0 Å². The highest BCUT2D eigenvalue weighted by Gasteiger charge is 2.15. The van der Waals surface area contributed by atoms with Gasteiger partial charge < -0.3 is 13.7 Å².